The van der Waals surface area contributed by atoms with Crippen molar-refractivity contribution in [2.75, 3.05) is 0 Å². The SMILES string of the molecule is C=C(C)OCc1cccc(C#N)c1. The highest BCUT2D eigenvalue weighted by Gasteiger charge is 1.95. The van der Waals surface area contributed by atoms with Crippen molar-refractivity contribution < 1.29 is 4.74 Å². The zero-order chi connectivity index (χ0) is 9.68. The molecule has 0 spiro atoms. The lowest BCUT2D eigenvalue weighted by molar-refractivity contribution is 0.202. The molecule has 0 radical (unpaired) electrons. The molecule has 2 heteroatoms. The van der Waals surface area contributed by atoms with Crippen molar-refractivity contribution in [1.29, 1.82) is 5.26 Å². The summed E-state index contributed by atoms with van der Waals surface area (Å²) in [5, 5.41) is 8.63. The van der Waals surface area contributed by atoms with Crippen molar-refractivity contribution in [1.82, 2.24) is 0 Å². The molecule has 66 valence electrons. The van der Waals surface area contributed by atoms with Crippen LogP contribution >= 0.6 is 0 Å². The van der Waals surface area contributed by atoms with Gasteiger partial charge < -0.3 is 4.74 Å². The van der Waals surface area contributed by atoms with Crippen LogP contribution in [0.15, 0.2) is 36.6 Å². The second-order valence-electron chi connectivity index (χ2n) is 2.80. The van der Waals surface area contributed by atoms with E-state index in [1.54, 1.807) is 13.0 Å². The summed E-state index contributed by atoms with van der Waals surface area (Å²) in [4.78, 5) is 0. The van der Waals surface area contributed by atoms with Gasteiger partial charge in [-0.15, -0.1) is 0 Å². The van der Waals surface area contributed by atoms with Gasteiger partial charge in [-0.1, -0.05) is 18.7 Å². The minimum absolute atomic E-state index is 0.477. The number of nitriles is 1. The highest BCUT2D eigenvalue weighted by atomic mass is 16.5. The molecule has 0 amide bonds. The van der Waals surface area contributed by atoms with Crippen LogP contribution in [0.25, 0.3) is 0 Å². The summed E-state index contributed by atoms with van der Waals surface area (Å²) < 4.78 is 5.22. The van der Waals surface area contributed by atoms with E-state index in [0.717, 1.165) is 5.56 Å². The normalized spacial score (nSPS) is 8.92. The van der Waals surface area contributed by atoms with Crippen molar-refractivity contribution in [3.8, 4) is 6.07 Å². The number of hydrogen-bond acceptors (Lipinski definition) is 2. The van der Waals surface area contributed by atoms with E-state index in [4.69, 9.17) is 10.00 Å². The van der Waals surface area contributed by atoms with Crippen LogP contribution in [-0.2, 0) is 11.3 Å². The van der Waals surface area contributed by atoms with Crippen LogP contribution in [0.2, 0.25) is 0 Å². The molecule has 0 unspecified atom stereocenters. The summed E-state index contributed by atoms with van der Waals surface area (Å²) in [7, 11) is 0. The Bertz CT molecular complexity index is 349. The first-order valence-electron chi connectivity index (χ1n) is 3.99. The van der Waals surface area contributed by atoms with Crippen molar-refractivity contribution in [3.63, 3.8) is 0 Å². The van der Waals surface area contributed by atoms with E-state index < -0.39 is 0 Å². The molecule has 1 aromatic rings. The molecule has 13 heavy (non-hydrogen) atoms. The topological polar surface area (TPSA) is 33.0 Å². The van der Waals surface area contributed by atoms with E-state index >= 15 is 0 Å². The molecule has 1 aromatic carbocycles. The van der Waals surface area contributed by atoms with Crippen LogP contribution in [-0.4, -0.2) is 0 Å². The molecular weight excluding hydrogens is 162 g/mol. The Morgan fingerprint density at radius 2 is 2.38 bits per heavy atom. The van der Waals surface area contributed by atoms with E-state index in [2.05, 4.69) is 12.6 Å². The van der Waals surface area contributed by atoms with E-state index in [1.807, 2.05) is 18.2 Å². The molecule has 0 fully saturated rings. The fraction of sp³-hybridized carbons (Fsp3) is 0.182. The average molecular weight is 173 g/mol. The molecular formula is C11H11NO. The van der Waals surface area contributed by atoms with E-state index in [1.165, 1.54) is 0 Å². The maximum Gasteiger partial charge on any atom is 0.113 e. The van der Waals surface area contributed by atoms with Crippen LogP contribution < -0.4 is 0 Å². The second-order valence-corrected chi connectivity index (χ2v) is 2.80. The van der Waals surface area contributed by atoms with Gasteiger partial charge in [0.2, 0.25) is 0 Å². The smallest absolute Gasteiger partial charge is 0.113 e. The molecule has 0 saturated carbocycles. The molecule has 0 aliphatic rings. The standard InChI is InChI=1S/C11H11NO/c1-9(2)13-8-11-5-3-4-10(6-11)7-12/h3-6H,1,8H2,2H3. The number of benzene rings is 1. The number of hydrogen-bond donors (Lipinski definition) is 0. The maximum absolute atomic E-state index is 8.63. The van der Waals surface area contributed by atoms with Gasteiger partial charge in [-0.25, -0.2) is 0 Å². The van der Waals surface area contributed by atoms with Crippen LogP contribution in [0.1, 0.15) is 18.1 Å². The highest BCUT2D eigenvalue weighted by molar-refractivity contribution is 5.32. The van der Waals surface area contributed by atoms with Gasteiger partial charge in [0.25, 0.3) is 0 Å². The predicted octanol–water partition coefficient (Wildman–Crippen LogP) is 2.61. The molecule has 2 nitrogen and oxygen atoms in total. The lowest BCUT2D eigenvalue weighted by Gasteiger charge is -2.04. The summed E-state index contributed by atoms with van der Waals surface area (Å²) >= 11 is 0. The van der Waals surface area contributed by atoms with Crippen LogP contribution in [0.4, 0.5) is 0 Å². The third-order valence-electron chi connectivity index (χ3n) is 1.54. The van der Waals surface area contributed by atoms with Gasteiger partial charge in [0.15, 0.2) is 0 Å². The Morgan fingerprint density at radius 3 is 3.00 bits per heavy atom. The highest BCUT2D eigenvalue weighted by Crippen LogP contribution is 2.07. The second kappa shape index (κ2) is 4.32. The summed E-state index contributed by atoms with van der Waals surface area (Å²) in [5.41, 5.74) is 1.64. The van der Waals surface area contributed by atoms with Gasteiger partial charge in [-0.05, 0) is 24.6 Å². The summed E-state index contributed by atoms with van der Waals surface area (Å²) in [6.07, 6.45) is 0. The molecule has 0 N–H and O–H groups in total. The summed E-state index contributed by atoms with van der Waals surface area (Å²) in [5.74, 6) is 0.683. The number of ether oxygens (including phenoxy) is 1. The summed E-state index contributed by atoms with van der Waals surface area (Å²) in [6.45, 7) is 5.90. The number of rotatable bonds is 3. The molecule has 0 saturated heterocycles. The largest absolute Gasteiger partial charge is 0.494 e. The third-order valence-corrected chi connectivity index (χ3v) is 1.54. The number of allylic oxidation sites excluding steroid dienone is 1. The van der Waals surface area contributed by atoms with Gasteiger partial charge in [0.1, 0.15) is 6.61 Å². The Morgan fingerprint density at radius 1 is 1.62 bits per heavy atom. The van der Waals surface area contributed by atoms with Crippen molar-refractivity contribution in [2.24, 2.45) is 0 Å². The fourth-order valence-corrected chi connectivity index (χ4v) is 0.937. The number of nitrogens with zero attached hydrogens (tertiary/aromatic N) is 1. The van der Waals surface area contributed by atoms with Gasteiger partial charge in [-0.2, -0.15) is 5.26 Å². The molecule has 0 aromatic heterocycles. The Labute approximate surface area is 78.1 Å². The zero-order valence-corrected chi connectivity index (χ0v) is 7.58. The molecule has 0 aliphatic heterocycles. The molecule has 0 bridgehead atoms. The molecule has 0 aliphatic carbocycles. The van der Waals surface area contributed by atoms with E-state index in [0.29, 0.717) is 17.9 Å². The Hall–Kier alpha value is -1.75. The van der Waals surface area contributed by atoms with Crippen molar-refractivity contribution in [2.45, 2.75) is 13.5 Å². The maximum atomic E-state index is 8.63. The predicted molar refractivity (Wildman–Crippen MR) is 50.8 cm³/mol. The van der Waals surface area contributed by atoms with Crippen LogP contribution in [0.5, 0.6) is 0 Å². The third kappa shape index (κ3) is 3.00. The molecule has 0 atom stereocenters. The summed E-state index contributed by atoms with van der Waals surface area (Å²) in [6, 6.07) is 9.42. The average Bonchev–Trinajstić information content (AvgIpc) is 2.15. The minimum atomic E-state index is 0.477. The van der Waals surface area contributed by atoms with Crippen molar-refractivity contribution in [3.05, 3.63) is 47.7 Å². The van der Waals surface area contributed by atoms with Crippen LogP contribution in [0.3, 0.4) is 0 Å². The van der Waals surface area contributed by atoms with Crippen molar-refractivity contribution >= 4 is 0 Å². The fourth-order valence-electron chi connectivity index (χ4n) is 0.937. The first kappa shape index (κ1) is 9.34. The van der Waals surface area contributed by atoms with Gasteiger partial charge in [-0.3, -0.25) is 0 Å². The minimum Gasteiger partial charge on any atom is -0.494 e. The molecule has 0 heterocycles. The quantitative estimate of drug-likeness (QED) is 0.658. The first-order chi connectivity index (χ1) is 6.22. The van der Waals surface area contributed by atoms with Crippen LogP contribution in [0, 0.1) is 11.3 Å². The Kier molecular flexibility index (Phi) is 3.10. The monoisotopic (exact) mass is 173 g/mol. The van der Waals surface area contributed by atoms with Gasteiger partial charge in [0, 0.05) is 0 Å². The lowest BCUT2D eigenvalue weighted by Crippen LogP contribution is -1.90. The van der Waals surface area contributed by atoms with E-state index in [9.17, 15) is 0 Å². The van der Waals surface area contributed by atoms with Gasteiger partial charge in [0.05, 0.1) is 17.4 Å². The van der Waals surface area contributed by atoms with E-state index in [-0.39, 0.29) is 0 Å². The molecule has 1 rings (SSSR count). The first-order valence-corrected chi connectivity index (χ1v) is 3.99. The zero-order valence-electron chi connectivity index (χ0n) is 7.58. The Balaban J connectivity index is 2.68. The lowest BCUT2D eigenvalue weighted by atomic mass is 10.1. The van der Waals surface area contributed by atoms with Gasteiger partial charge >= 0.3 is 0 Å².